The van der Waals surface area contributed by atoms with Crippen LogP contribution in [-0.4, -0.2) is 41.5 Å². The van der Waals surface area contributed by atoms with E-state index in [9.17, 15) is 19.8 Å². The van der Waals surface area contributed by atoms with Crippen molar-refractivity contribution < 1.29 is 29.3 Å². The zero-order valence-electron chi connectivity index (χ0n) is 20.4. The molecule has 0 radical (unpaired) electrons. The number of carbonyl (C=O) groups excluding carboxylic acids is 1. The SMILES string of the molecule is CCOC(=O)Nc1ccc(Oc2ccc3c(c2)C[C@@H](NC[C@H](O)c2cccc(Cl)c2)CC3)cc1C(=O)O. The third-order valence-electron chi connectivity index (χ3n) is 6.21. The van der Waals surface area contributed by atoms with Gasteiger partial charge in [-0.05, 0) is 85.3 Å². The molecule has 194 valence electrons. The molecule has 8 nitrogen and oxygen atoms in total. The van der Waals surface area contributed by atoms with Crippen molar-refractivity contribution in [2.45, 2.75) is 38.3 Å². The minimum Gasteiger partial charge on any atom is -0.478 e. The molecule has 1 amide bonds. The van der Waals surface area contributed by atoms with Gasteiger partial charge in [-0.2, -0.15) is 0 Å². The quantitative estimate of drug-likeness (QED) is 0.288. The van der Waals surface area contributed by atoms with Crippen LogP contribution in [-0.2, 0) is 17.6 Å². The lowest BCUT2D eigenvalue weighted by Gasteiger charge is -2.27. The van der Waals surface area contributed by atoms with Gasteiger partial charge in [0.05, 0.1) is 24.0 Å². The van der Waals surface area contributed by atoms with E-state index in [-0.39, 0.29) is 23.9 Å². The lowest BCUT2D eigenvalue weighted by molar-refractivity contribution is 0.0697. The molecule has 0 heterocycles. The Labute approximate surface area is 220 Å². The van der Waals surface area contributed by atoms with Gasteiger partial charge in [0, 0.05) is 17.6 Å². The Hall–Kier alpha value is -3.59. The standard InChI is InChI=1S/C28H29ClN2O6/c1-2-36-28(35)31-25-11-10-23(15-24(25)27(33)34)37-22-9-7-17-6-8-21(13-19(17)14-22)30-16-26(32)18-4-3-5-20(29)12-18/h3-5,7,9-12,14-15,21,26,30,32H,2,6,8,13,16H2,1H3,(H,31,35)(H,33,34)/t21-,26-/m0/s1. The molecule has 0 fully saturated rings. The van der Waals surface area contributed by atoms with E-state index in [0.717, 1.165) is 30.4 Å². The Bertz CT molecular complexity index is 1280. The molecule has 9 heteroatoms. The summed E-state index contributed by atoms with van der Waals surface area (Å²) < 4.78 is 10.8. The van der Waals surface area contributed by atoms with Gasteiger partial charge in [0.1, 0.15) is 11.5 Å². The number of rotatable bonds is 9. The van der Waals surface area contributed by atoms with E-state index in [2.05, 4.69) is 10.6 Å². The van der Waals surface area contributed by atoms with Crippen molar-refractivity contribution in [1.29, 1.82) is 0 Å². The Morgan fingerprint density at radius 1 is 1.08 bits per heavy atom. The third-order valence-corrected chi connectivity index (χ3v) is 6.44. The molecule has 1 aliphatic rings. The summed E-state index contributed by atoms with van der Waals surface area (Å²) in [5, 5.41) is 26.6. The molecule has 4 N–H and O–H groups in total. The van der Waals surface area contributed by atoms with Crippen LogP contribution >= 0.6 is 11.6 Å². The first-order valence-electron chi connectivity index (χ1n) is 12.1. The summed E-state index contributed by atoms with van der Waals surface area (Å²) >= 11 is 6.04. The van der Waals surface area contributed by atoms with Gasteiger partial charge in [0.15, 0.2) is 0 Å². The molecular weight excluding hydrogens is 496 g/mol. The average Bonchev–Trinajstić information content (AvgIpc) is 2.88. The highest BCUT2D eigenvalue weighted by Crippen LogP contribution is 2.31. The van der Waals surface area contributed by atoms with Crippen molar-refractivity contribution >= 4 is 29.4 Å². The molecule has 0 saturated heterocycles. The predicted molar refractivity (Wildman–Crippen MR) is 141 cm³/mol. The number of aromatic carboxylic acids is 1. The molecule has 3 aromatic carbocycles. The fourth-order valence-corrected chi connectivity index (χ4v) is 4.57. The van der Waals surface area contributed by atoms with E-state index in [1.807, 2.05) is 30.3 Å². The Morgan fingerprint density at radius 2 is 1.86 bits per heavy atom. The van der Waals surface area contributed by atoms with Crippen molar-refractivity contribution in [3.63, 3.8) is 0 Å². The highest BCUT2D eigenvalue weighted by atomic mass is 35.5. The summed E-state index contributed by atoms with van der Waals surface area (Å²) in [6.45, 7) is 2.25. The number of benzene rings is 3. The highest BCUT2D eigenvalue weighted by molar-refractivity contribution is 6.30. The number of carboxylic acids is 1. The Balaban J connectivity index is 1.41. The van der Waals surface area contributed by atoms with Crippen LogP contribution in [0.5, 0.6) is 11.5 Å². The van der Waals surface area contributed by atoms with Gasteiger partial charge in [-0.3, -0.25) is 5.32 Å². The third kappa shape index (κ3) is 7.01. The van der Waals surface area contributed by atoms with Crippen LogP contribution in [0.4, 0.5) is 10.5 Å². The van der Waals surface area contributed by atoms with Crippen molar-refractivity contribution in [3.05, 3.63) is 87.9 Å². The van der Waals surface area contributed by atoms with E-state index in [1.54, 1.807) is 25.1 Å². The summed E-state index contributed by atoms with van der Waals surface area (Å²) in [4.78, 5) is 23.4. The molecule has 4 rings (SSSR count). The molecule has 3 aromatic rings. The molecule has 37 heavy (non-hydrogen) atoms. The summed E-state index contributed by atoms with van der Waals surface area (Å²) in [6, 6.07) is 17.7. The second-order valence-electron chi connectivity index (χ2n) is 8.81. The van der Waals surface area contributed by atoms with Crippen LogP contribution in [0.25, 0.3) is 0 Å². The maximum Gasteiger partial charge on any atom is 0.411 e. The van der Waals surface area contributed by atoms with Crippen LogP contribution < -0.4 is 15.4 Å². The van der Waals surface area contributed by atoms with E-state index >= 15 is 0 Å². The smallest absolute Gasteiger partial charge is 0.411 e. The second-order valence-corrected chi connectivity index (χ2v) is 9.25. The van der Waals surface area contributed by atoms with E-state index < -0.39 is 18.2 Å². The first-order chi connectivity index (χ1) is 17.8. The first-order valence-corrected chi connectivity index (χ1v) is 12.5. The van der Waals surface area contributed by atoms with Crippen LogP contribution in [0.2, 0.25) is 5.02 Å². The molecule has 0 aliphatic heterocycles. The maximum atomic E-state index is 11.7. The number of hydrogen-bond donors (Lipinski definition) is 4. The van der Waals surface area contributed by atoms with Crippen molar-refractivity contribution in [2.24, 2.45) is 0 Å². The van der Waals surface area contributed by atoms with Crippen molar-refractivity contribution in [3.8, 4) is 11.5 Å². The highest BCUT2D eigenvalue weighted by Gasteiger charge is 2.21. The molecular formula is C28H29ClN2O6. The fraction of sp³-hybridized carbons (Fsp3) is 0.286. The summed E-state index contributed by atoms with van der Waals surface area (Å²) in [6.07, 6.45) is 1.25. The van der Waals surface area contributed by atoms with Gasteiger partial charge in [-0.25, -0.2) is 9.59 Å². The Kier molecular flexibility index (Phi) is 8.66. The normalized spacial score (nSPS) is 15.4. The Morgan fingerprint density at radius 3 is 2.62 bits per heavy atom. The van der Waals surface area contributed by atoms with Gasteiger partial charge < -0.3 is 25.0 Å². The predicted octanol–water partition coefficient (Wildman–Crippen LogP) is 5.58. The number of nitrogens with one attached hydrogen (secondary N) is 2. The summed E-state index contributed by atoms with van der Waals surface area (Å²) in [5.74, 6) is -0.278. The van der Waals surface area contributed by atoms with Crippen LogP contribution in [0.3, 0.4) is 0 Å². The number of carboxylic acid groups (broad SMARTS) is 1. The lowest BCUT2D eigenvalue weighted by atomic mass is 9.88. The number of halogens is 1. The largest absolute Gasteiger partial charge is 0.478 e. The summed E-state index contributed by atoms with van der Waals surface area (Å²) in [5.41, 5.74) is 3.17. The van der Waals surface area contributed by atoms with Crippen molar-refractivity contribution in [2.75, 3.05) is 18.5 Å². The number of aliphatic hydroxyl groups excluding tert-OH is 1. The van der Waals surface area contributed by atoms with Gasteiger partial charge in [-0.15, -0.1) is 0 Å². The van der Waals surface area contributed by atoms with Gasteiger partial charge in [0.25, 0.3) is 0 Å². The van der Waals surface area contributed by atoms with E-state index in [0.29, 0.717) is 23.1 Å². The first kappa shape index (κ1) is 26.5. The second kappa shape index (κ2) is 12.1. The van der Waals surface area contributed by atoms with E-state index in [4.69, 9.17) is 21.1 Å². The molecule has 0 saturated carbocycles. The molecule has 0 bridgehead atoms. The molecule has 2 atom stereocenters. The van der Waals surface area contributed by atoms with E-state index in [1.165, 1.54) is 17.7 Å². The molecule has 0 aromatic heterocycles. The number of fused-ring (bicyclic) bond motifs is 1. The molecule has 0 unspecified atom stereocenters. The zero-order valence-corrected chi connectivity index (χ0v) is 21.1. The topological polar surface area (TPSA) is 117 Å². The number of aliphatic hydroxyl groups is 1. The monoisotopic (exact) mass is 524 g/mol. The van der Waals surface area contributed by atoms with Crippen LogP contribution in [0, 0.1) is 0 Å². The number of aryl methyl sites for hydroxylation is 1. The number of ether oxygens (including phenoxy) is 2. The molecule has 0 spiro atoms. The van der Waals surface area contributed by atoms with Crippen LogP contribution in [0.15, 0.2) is 60.7 Å². The van der Waals surface area contributed by atoms with Gasteiger partial charge in [-0.1, -0.05) is 29.8 Å². The molecule has 1 aliphatic carbocycles. The lowest BCUT2D eigenvalue weighted by Crippen LogP contribution is -2.37. The summed E-state index contributed by atoms with van der Waals surface area (Å²) in [7, 11) is 0. The number of anilines is 1. The van der Waals surface area contributed by atoms with Crippen LogP contribution in [0.1, 0.15) is 46.5 Å². The fourth-order valence-electron chi connectivity index (χ4n) is 4.37. The number of amides is 1. The minimum absolute atomic E-state index is 0.106. The number of hydrogen-bond acceptors (Lipinski definition) is 6. The zero-order chi connectivity index (χ0) is 26.4. The maximum absolute atomic E-state index is 11.7. The minimum atomic E-state index is -1.20. The van der Waals surface area contributed by atoms with Gasteiger partial charge >= 0.3 is 12.1 Å². The van der Waals surface area contributed by atoms with Gasteiger partial charge in [0.2, 0.25) is 0 Å². The number of carbonyl (C=O) groups is 2. The van der Waals surface area contributed by atoms with Crippen molar-refractivity contribution in [1.82, 2.24) is 5.32 Å². The average molecular weight is 525 g/mol.